The van der Waals surface area contributed by atoms with Crippen LogP contribution in [0.2, 0.25) is 0 Å². The molecular weight excluding hydrogens is 426 g/mol. The number of hydrogen-bond donors (Lipinski definition) is 3. The van der Waals surface area contributed by atoms with Crippen molar-refractivity contribution in [3.63, 3.8) is 0 Å². The van der Waals surface area contributed by atoms with Crippen molar-refractivity contribution in [2.75, 3.05) is 6.61 Å². The first-order valence-corrected chi connectivity index (χ1v) is 13.3. The van der Waals surface area contributed by atoms with E-state index in [-0.39, 0.29) is 12.3 Å². The van der Waals surface area contributed by atoms with E-state index in [1.54, 1.807) is 0 Å². The van der Waals surface area contributed by atoms with Gasteiger partial charge in [0.1, 0.15) is 4.31 Å². The number of quaternary nitrogens is 2. The molecule has 184 valence electrons. The summed E-state index contributed by atoms with van der Waals surface area (Å²) in [4.78, 5) is 18.5. The molecule has 0 aromatic rings. The van der Waals surface area contributed by atoms with Crippen molar-refractivity contribution in [3.05, 3.63) is 0 Å². The molecule has 2 unspecified atom stereocenters. The predicted octanol–water partition coefficient (Wildman–Crippen LogP) is 6.81. The van der Waals surface area contributed by atoms with E-state index in [2.05, 4.69) is 11.2 Å². The van der Waals surface area contributed by atoms with Crippen LogP contribution in [-0.2, 0) is 13.4 Å². The van der Waals surface area contributed by atoms with Gasteiger partial charge in [0.05, 0.1) is 0 Å². The van der Waals surface area contributed by atoms with Gasteiger partial charge in [-0.25, -0.2) is 0 Å². The Morgan fingerprint density at radius 1 is 0.567 bits per heavy atom. The Labute approximate surface area is 186 Å². The van der Waals surface area contributed by atoms with Crippen LogP contribution in [0.5, 0.6) is 0 Å². The number of aliphatic hydroxyl groups is 1. The highest BCUT2D eigenvalue weighted by atomic mass is 31.2. The monoisotopic (exact) mass is 476 g/mol. The van der Waals surface area contributed by atoms with Crippen molar-refractivity contribution in [1.82, 2.24) is 12.3 Å². The Morgan fingerprint density at radius 2 is 0.800 bits per heavy atom. The van der Waals surface area contributed by atoms with Gasteiger partial charge in [-0.1, -0.05) is 116 Å². The van der Waals surface area contributed by atoms with E-state index in [0.29, 0.717) is 6.61 Å². The summed E-state index contributed by atoms with van der Waals surface area (Å²) in [6.07, 6.45) is 25.1. The van der Waals surface area contributed by atoms with E-state index >= 15 is 0 Å². The minimum absolute atomic E-state index is 0. The van der Waals surface area contributed by atoms with E-state index < -0.39 is 16.5 Å². The Hall–Kier alpha value is -0.0400. The van der Waals surface area contributed by atoms with Crippen LogP contribution in [0.15, 0.2) is 0 Å². The van der Waals surface area contributed by atoms with Crippen LogP contribution in [0.1, 0.15) is 122 Å². The Bertz CT molecular complexity index is 323. The van der Waals surface area contributed by atoms with Gasteiger partial charge in [0.15, 0.2) is 0 Å². The molecule has 10 heteroatoms. The van der Waals surface area contributed by atoms with Crippen LogP contribution in [0.3, 0.4) is 0 Å². The summed E-state index contributed by atoms with van der Waals surface area (Å²) >= 11 is 0. The SMILES string of the molecule is CCCCCCCCCCCCCCCCCCCCO.O=[P+]([O-])O[P+](=O)[O-].[NH4+].[NH4+]. The van der Waals surface area contributed by atoms with E-state index in [9.17, 15) is 18.9 Å². The van der Waals surface area contributed by atoms with Crippen molar-refractivity contribution < 1.29 is 28.3 Å². The second kappa shape index (κ2) is 33.6. The van der Waals surface area contributed by atoms with Gasteiger partial charge in [0.25, 0.3) is 0 Å². The van der Waals surface area contributed by atoms with Gasteiger partial charge in [0.2, 0.25) is 0 Å². The van der Waals surface area contributed by atoms with E-state index in [4.69, 9.17) is 5.11 Å². The Balaban J connectivity index is -0.000000323. The lowest BCUT2D eigenvalue weighted by Crippen LogP contribution is -1.90. The quantitative estimate of drug-likeness (QED) is 0.128. The maximum atomic E-state index is 9.24. The molecule has 0 aromatic heterocycles. The fourth-order valence-corrected chi connectivity index (χ4v) is 3.50. The highest BCUT2D eigenvalue weighted by Crippen LogP contribution is 2.24. The first kappa shape index (κ1) is 37.3. The molecule has 2 atom stereocenters. The van der Waals surface area contributed by atoms with Crippen LogP contribution in [-0.4, -0.2) is 11.7 Å². The largest absolute Gasteiger partial charge is 0.563 e. The van der Waals surface area contributed by atoms with Gasteiger partial charge in [-0.3, -0.25) is 0 Å². The van der Waals surface area contributed by atoms with Gasteiger partial charge < -0.3 is 27.2 Å². The van der Waals surface area contributed by atoms with Crippen molar-refractivity contribution >= 4 is 16.5 Å². The zero-order valence-electron chi connectivity index (χ0n) is 19.8. The fraction of sp³-hybridized carbons (Fsp3) is 1.00. The molecule has 30 heavy (non-hydrogen) atoms. The van der Waals surface area contributed by atoms with Crippen LogP contribution in [0.25, 0.3) is 0 Å². The lowest BCUT2D eigenvalue weighted by Gasteiger charge is -2.03. The third-order valence-corrected chi connectivity index (χ3v) is 5.71. The van der Waals surface area contributed by atoms with Gasteiger partial charge in [-0.05, 0) is 15.6 Å². The van der Waals surface area contributed by atoms with Crippen molar-refractivity contribution in [2.45, 2.75) is 122 Å². The molecule has 0 bridgehead atoms. The lowest BCUT2D eigenvalue weighted by molar-refractivity contribution is -0.198. The van der Waals surface area contributed by atoms with Gasteiger partial charge in [0, 0.05) is 6.61 Å². The average molecular weight is 477 g/mol. The van der Waals surface area contributed by atoms with Crippen molar-refractivity contribution in [1.29, 1.82) is 0 Å². The zero-order valence-corrected chi connectivity index (χ0v) is 21.6. The fourth-order valence-electron chi connectivity index (χ4n) is 3.07. The standard InChI is InChI=1S/C20H42O.2H3N.O5P2/c1-2-3-4-5-6-7-8-9-10-11-12-13-14-15-16-17-18-19-20-21;;;1-6(2)5-7(3)4/h21H,2-20H2,1H3;2*1H3;/p+2. The van der Waals surface area contributed by atoms with Gasteiger partial charge in [-0.2, -0.15) is 0 Å². The molecule has 0 radical (unpaired) electrons. The number of hydrogen-bond acceptors (Lipinski definition) is 6. The second-order valence-corrected chi connectivity index (χ2v) is 8.81. The van der Waals surface area contributed by atoms with Gasteiger partial charge in [-0.15, -0.1) is 0 Å². The smallest absolute Gasteiger partial charge is 0.543 e. The molecule has 0 aliphatic rings. The molecule has 0 saturated carbocycles. The van der Waals surface area contributed by atoms with Crippen LogP contribution in [0.4, 0.5) is 0 Å². The molecule has 8 nitrogen and oxygen atoms in total. The van der Waals surface area contributed by atoms with Crippen LogP contribution < -0.4 is 22.1 Å². The first-order valence-electron chi connectivity index (χ1n) is 11.1. The molecule has 9 N–H and O–H groups in total. The van der Waals surface area contributed by atoms with Gasteiger partial charge >= 0.3 is 16.5 Å². The number of rotatable bonds is 20. The molecule has 0 aliphatic heterocycles. The molecule has 0 rings (SSSR count). The average Bonchev–Trinajstić information content (AvgIpc) is 2.63. The van der Waals surface area contributed by atoms with E-state index in [1.165, 1.54) is 109 Å². The van der Waals surface area contributed by atoms with E-state index in [0.717, 1.165) is 6.42 Å². The summed E-state index contributed by atoms with van der Waals surface area (Å²) in [6.45, 7) is 2.66. The van der Waals surface area contributed by atoms with Crippen molar-refractivity contribution in [2.24, 2.45) is 0 Å². The highest BCUT2D eigenvalue weighted by molar-refractivity contribution is 7.44. The molecule has 0 fully saturated rings. The summed E-state index contributed by atoms with van der Waals surface area (Å²) in [5.74, 6) is 0. The Kier molecular flexibility index (Phi) is 41.8. The summed E-state index contributed by atoms with van der Waals surface area (Å²) in [5.41, 5.74) is 0. The molecule has 0 aliphatic carbocycles. The third-order valence-electron chi connectivity index (χ3n) is 4.65. The minimum Gasteiger partial charge on any atom is -0.563 e. The summed E-state index contributed by atoms with van der Waals surface area (Å²) in [5, 5.41) is 8.69. The number of aliphatic hydroxyl groups excluding tert-OH is 1. The maximum Gasteiger partial charge on any atom is 0.543 e. The number of unbranched alkanes of at least 4 members (excludes halogenated alkanes) is 17. The summed E-state index contributed by atoms with van der Waals surface area (Å²) in [6, 6.07) is 0. The molecule has 0 aromatic carbocycles. The zero-order chi connectivity index (χ0) is 21.3. The molecule has 0 heterocycles. The Morgan fingerprint density at radius 3 is 0.967 bits per heavy atom. The second-order valence-electron chi connectivity index (χ2n) is 7.26. The predicted molar refractivity (Wildman–Crippen MR) is 124 cm³/mol. The summed E-state index contributed by atoms with van der Waals surface area (Å²) in [7, 11) is -6.47. The van der Waals surface area contributed by atoms with E-state index in [1.807, 2.05) is 0 Å². The topological polar surface area (TPSA) is 183 Å². The minimum atomic E-state index is -3.24. The van der Waals surface area contributed by atoms with Crippen molar-refractivity contribution in [3.8, 4) is 0 Å². The molecular formula is C20H50N2O6P2+2. The molecule has 0 spiro atoms. The molecule has 0 saturated heterocycles. The van der Waals surface area contributed by atoms with Crippen LogP contribution in [0, 0.1) is 0 Å². The maximum absolute atomic E-state index is 9.24. The normalized spacial score (nSPS) is 10.9. The first-order chi connectivity index (χ1) is 13.5. The summed E-state index contributed by atoms with van der Waals surface area (Å²) < 4.78 is 21.6. The lowest BCUT2D eigenvalue weighted by atomic mass is 10.0. The third kappa shape index (κ3) is 42.1. The van der Waals surface area contributed by atoms with Crippen LogP contribution >= 0.6 is 16.5 Å². The molecule has 0 amide bonds. The highest BCUT2D eigenvalue weighted by Gasteiger charge is 2.13.